The maximum Gasteiger partial charge on any atom is 0.345 e. The number of aromatic carboxylic acids is 1. The van der Waals surface area contributed by atoms with Crippen LogP contribution in [-0.2, 0) is 0 Å². The first-order chi connectivity index (χ1) is 7.56. The van der Waals surface area contributed by atoms with E-state index in [9.17, 15) is 4.79 Å². The molecule has 1 aromatic heterocycles. The van der Waals surface area contributed by atoms with Crippen molar-refractivity contribution in [3.8, 4) is 0 Å². The number of carboxylic acids is 1. The lowest BCUT2D eigenvalue weighted by Gasteiger charge is -2.02. The van der Waals surface area contributed by atoms with Crippen molar-refractivity contribution in [1.82, 2.24) is 0 Å². The van der Waals surface area contributed by atoms with Gasteiger partial charge >= 0.3 is 5.97 Å². The summed E-state index contributed by atoms with van der Waals surface area (Å²) in [4.78, 5) is 11.1. The van der Waals surface area contributed by atoms with Crippen LogP contribution in [0.25, 0.3) is 10.1 Å². The van der Waals surface area contributed by atoms with Crippen molar-refractivity contribution in [2.45, 2.75) is 0 Å². The average molecular weight is 252 g/mol. The first-order valence-corrected chi connectivity index (χ1v) is 5.62. The van der Waals surface area contributed by atoms with E-state index < -0.39 is 5.97 Å². The minimum absolute atomic E-state index is 0.188. The molecule has 1 heterocycles. The lowest BCUT2D eigenvalue weighted by Crippen LogP contribution is -2.18. The third kappa shape index (κ3) is 2.12. The molecule has 2 aromatic rings. The summed E-state index contributed by atoms with van der Waals surface area (Å²) < 4.78 is 0.922. The second-order valence-electron chi connectivity index (χ2n) is 3.16. The number of carbonyl (C=O) groups is 1. The molecule has 0 saturated heterocycles. The zero-order valence-electron chi connectivity index (χ0n) is 8.06. The molecule has 0 aliphatic rings. The van der Waals surface area contributed by atoms with Crippen molar-refractivity contribution >= 4 is 50.4 Å². The summed E-state index contributed by atoms with van der Waals surface area (Å²) in [5.41, 5.74) is 6.11. The van der Waals surface area contributed by atoms with E-state index in [0.29, 0.717) is 4.88 Å². The molecule has 0 aliphatic heterocycles. The average Bonchev–Trinajstić information content (AvgIpc) is 2.59. The van der Waals surface area contributed by atoms with Gasteiger partial charge < -0.3 is 16.2 Å². The number of nitrogens with two attached hydrogens (primary N) is 1. The van der Waals surface area contributed by atoms with Crippen LogP contribution in [0.5, 0.6) is 0 Å². The molecular weight excluding hydrogens is 244 g/mol. The van der Waals surface area contributed by atoms with E-state index in [2.05, 4.69) is 5.32 Å². The van der Waals surface area contributed by atoms with Crippen molar-refractivity contribution in [3.63, 3.8) is 0 Å². The fourth-order valence-electron chi connectivity index (χ4n) is 1.37. The Morgan fingerprint density at radius 2 is 2.19 bits per heavy atom. The molecule has 0 bridgehead atoms. The Kier molecular flexibility index (Phi) is 2.76. The second kappa shape index (κ2) is 4.07. The van der Waals surface area contributed by atoms with Gasteiger partial charge in [0, 0.05) is 10.4 Å². The van der Waals surface area contributed by atoms with Crippen LogP contribution in [0, 0.1) is 0 Å². The highest BCUT2D eigenvalue weighted by molar-refractivity contribution is 7.80. The highest BCUT2D eigenvalue weighted by atomic mass is 32.1. The van der Waals surface area contributed by atoms with Crippen molar-refractivity contribution in [3.05, 3.63) is 29.1 Å². The van der Waals surface area contributed by atoms with Crippen LogP contribution in [0.3, 0.4) is 0 Å². The fourth-order valence-corrected chi connectivity index (χ4v) is 2.37. The summed E-state index contributed by atoms with van der Waals surface area (Å²) in [7, 11) is 0. The van der Waals surface area contributed by atoms with Gasteiger partial charge in [-0.3, -0.25) is 0 Å². The quantitative estimate of drug-likeness (QED) is 0.715. The molecule has 0 atom stereocenters. The fraction of sp³-hybridized carbons (Fsp3) is 0. The number of fused-ring (bicyclic) bond motifs is 1. The molecule has 0 fully saturated rings. The predicted octanol–water partition coefficient (Wildman–Crippen LogP) is 2.25. The first-order valence-electron chi connectivity index (χ1n) is 4.39. The molecule has 0 radical (unpaired) electrons. The van der Waals surface area contributed by atoms with E-state index in [0.717, 1.165) is 15.8 Å². The highest BCUT2D eigenvalue weighted by Crippen LogP contribution is 2.28. The van der Waals surface area contributed by atoms with Gasteiger partial charge in [0.2, 0.25) is 0 Å². The van der Waals surface area contributed by atoms with Crippen LogP contribution >= 0.6 is 23.6 Å². The van der Waals surface area contributed by atoms with Gasteiger partial charge in [-0.2, -0.15) is 0 Å². The van der Waals surface area contributed by atoms with Gasteiger partial charge in [0.25, 0.3) is 0 Å². The smallest absolute Gasteiger partial charge is 0.345 e. The van der Waals surface area contributed by atoms with E-state index in [4.69, 9.17) is 23.1 Å². The third-order valence-electron chi connectivity index (χ3n) is 1.99. The van der Waals surface area contributed by atoms with Gasteiger partial charge in [0.1, 0.15) is 4.88 Å². The first kappa shape index (κ1) is 10.8. The number of rotatable bonds is 2. The molecule has 6 heteroatoms. The lowest BCUT2D eigenvalue weighted by molar-refractivity contribution is 0.0702. The minimum atomic E-state index is -0.912. The van der Waals surface area contributed by atoms with Gasteiger partial charge in [-0.15, -0.1) is 11.3 Å². The topological polar surface area (TPSA) is 75.3 Å². The normalized spacial score (nSPS) is 10.2. The number of thiophene rings is 1. The summed E-state index contributed by atoms with van der Waals surface area (Å²) in [6.45, 7) is 0. The van der Waals surface area contributed by atoms with Gasteiger partial charge in [-0.05, 0) is 41.9 Å². The Morgan fingerprint density at radius 1 is 1.44 bits per heavy atom. The van der Waals surface area contributed by atoms with Crippen LogP contribution in [0.15, 0.2) is 24.3 Å². The lowest BCUT2D eigenvalue weighted by atomic mass is 10.2. The molecular formula is C10H8N2O2S2. The second-order valence-corrected chi connectivity index (χ2v) is 4.68. The zero-order valence-corrected chi connectivity index (χ0v) is 9.69. The van der Waals surface area contributed by atoms with E-state index >= 15 is 0 Å². The monoisotopic (exact) mass is 252 g/mol. The number of carboxylic acid groups (broad SMARTS) is 1. The number of hydrogen-bond acceptors (Lipinski definition) is 3. The zero-order chi connectivity index (χ0) is 11.7. The Morgan fingerprint density at radius 3 is 2.81 bits per heavy atom. The Labute approximate surface area is 101 Å². The van der Waals surface area contributed by atoms with Crippen LogP contribution < -0.4 is 11.1 Å². The van der Waals surface area contributed by atoms with E-state index in [1.165, 1.54) is 11.3 Å². The van der Waals surface area contributed by atoms with Crippen molar-refractivity contribution < 1.29 is 9.90 Å². The van der Waals surface area contributed by atoms with E-state index in [-0.39, 0.29) is 5.11 Å². The van der Waals surface area contributed by atoms with Crippen molar-refractivity contribution in [2.75, 3.05) is 5.32 Å². The minimum Gasteiger partial charge on any atom is -0.477 e. The van der Waals surface area contributed by atoms with Gasteiger partial charge in [-0.25, -0.2) is 4.79 Å². The molecule has 82 valence electrons. The number of hydrogen-bond donors (Lipinski definition) is 3. The standard InChI is InChI=1S/C10H8N2O2S2/c11-10(15)12-6-1-2-7-5(3-6)4-8(16-7)9(13)14/h1-4H,(H,13,14)(H3,11,12,15). The molecule has 0 saturated carbocycles. The Bertz CT molecular complexity index is 577. The molecule has 0 spiro atoms. The number of nitrogens with one attached hydrogen (secondary N) is 1. The van der Waals surface area contributed by atoms with Crippen LogP contribution in [0.4, 0.5) is 5.69 Å². The Balaban J connectivity index is 2.45. The molecule has 1 aromatic carbocycles. The van der Waals surface area contributed by atoms with Crippen molar-refractivity contribution in [2.24, 2.45) is 5.73 Å². The summed E-state index contributed by atoms with van der Waals surface area (Å²) in [6, 6.07) is 7.10. The maximum absolute atomic E-state index is 10.8. The molecule has 2 rings (SSSR count). The van der Waals surface area contributed by atoms with Crippen molar-refractivity contribution in [1.29, 1.82) is 0 Å². The van der Waals surface area contributed by atoms with Gasteiger partial charge in [-0.1, -0.05) is 0 Å². The Hall–Kier alpha value is -1.66. The largest absolute Gasteiger partial charge is 0.477 e. The SMILES string of the molecule is NC(=S)Nc1ccc2sc(C(=O)O)cc2c1. The molecule has 16 heavy (non-hydrogen) atoms. The van der Waals surface area contributed by atoms with Gasteiger partial charge in [0.15, 0.2) is 5.11 Å². The van der Waals surface area contributed by atoms with E-state index in [1.807, 2.05) is 18.2 Å². The van der Waals surface area contributed by atoms with Crippen LogP contribution in [0.1, 0.15) is 9.67 Å². The van der Waals surface area contributed by atoms with Crippen LogP contribution in [-0.4, -0.2) is 16.2 Å². The molecule has 4 nitrogen and oxygen atoms in total. The number of thiocarbonyl (C=S) groups is 1. The molecule has 0 unspecified atom stereocenters. The van der Waals surface area contributed by atoms with E-state index in [1.54, 1.807) is 6.07 Å². The third-order valence-corrected chi connectivity index (χ3v) is 3.20. The summed E-state index contributed by atoms with van der Waals surface area (Å²) in [5.74, 6) is -0.912. The molecule has 0 aliphatic carbocycles. The number of anilines is 1. The highest BCUT2D eigenvalue weighted by Gasteiger charge is 2.08. The summed E-state index contributed by atoms with van der Waals surface area (Å²) >= 11 is 5.96. The number of benzene rings is 1. The molecule has 4 N–H and O–H groups in total. The summed E-state index contributed by atoms with van der Waals surface area (Å²) in [5, 5.41) is 12.7. The van der Waals surface area contributed by atoms with Crippen LogP contribution in [0.2, 0.25) is 0 Å². The maximum atomic E-state index is 10.8. The van der Waals surface area contributed by atoms with Gasteiger partial charge in [0.05, 0.1) is 0 Å². The predicted molar refractivity (Wildman–Crippen MR) is 69.2 cm³/mol. The summed E-state index contributed by atoms with van der Waals surface area (Å²) in [6.07, 6.45) is 0. The molecule has 0 amide bonds.